The minimum atomic E-state index is -0.401. The van der Waals surface area contributed by atoms with E-state index in [1.165, 1.54) is 0 Å². The lowest BCUT2D eigenvalue weighted by Crippen LogP contribution is -2.13. The van der Waals surface area contributed by atoms with Gasteiger partial charge in [-0.15, -0.1) is 0 Å². The van der Waals surface area contributed by atoms with E-state index in [9.17, 15) is 4.79 Å². The number of carbonyl (C=O) groups excluding carboxylic acids is 1. The average molecular weight is 284 g/mol. The maximum absolute atomic E-state index is 12.0. The molecule has 2 aromatic rings. The number of methoxy groups -OCH3 is 1. The monoisotopic (exact) mass is 284 g/mol. The van der Waals surface area contributed by atoms with E-state index < -0.39 is 6.29 Å². The first-order valence-corrected chi connectivity index (χ1v) is 6.79. The molecular weight excluding hydrogens is 268 g/mol. The molecule has 1 aliphatic rings. The van der Waals surface area contributed by atoms with Gasteiger partial charge in [-0.05, 0) is 17.7 Å². The fraction of sp³-hybridized carbons (Fsp3) is 0.235. The average Bonchev–Trinajstić information content (AvgIpc) is 2.91. The second kappa shape index (κ2) is 6.08. The van der Waals surface area contributed by atoms with Crippen molar-refractivity contribution in [3.63, 3.8) is 0 Å². The lowest BCUT2D eigenvalue weighted by Gasteiger charge is -2.13. The molecule has 0 amide bonds. The van der Waals surface area contributed by atoms with E-state index in [1.54, 1.807) is 31.4 Å². The summed E-state index contributed by atoms with van der Waals surface area (Å²) in [6.45, 7) is 0.171. The van der Waals surface area contributed by atoms with Crippen LogP contribution in [-0.2, 0) is 14.2 Å². The largest absolute Gasteiger partial charge is 0.459 e. The van der Waals surface area contributed by atoms with Crippen molar-refractivity contribution < 1.29 is 19.0 Å². The van der Waals surface area contributed by atoms with Crippen LogP contribution < -0.4 is 0 Å². The van der Waals surface area contributed by atoms with Crippen molar-refractivity contribution in [2.24, 2.45) is 0 Å². The number of benzene rings is 2. The summed E-state index contributed by atoms with van der Waals surface area (Å²) in [6, 6.07) is 16.7. The highest BCUT2D eigenvalue weighted by molar-refractivity contribution is 5.89. The SMILES string of the molecule is CO[C@H]1O[C@@H](COC(=O)c2ccccc2)c2ccccc21. The molecule has 0 radical (unpaired) electrons. The molecule has 0 bridgehead atoms. The summed E-state index contributed by atoms with van der Waals surface area (Å²) < 4.78 is 16.4. The number of hydrogen-bond donors (Lipinski definition) is 0. The van der Waals surface area contributed by atoms with Crippen LogP contribution in [-0.4, -0.2) is 19.7 Å². The molecule has 0 saturated carbocycles. The Balaban J connectivity index is 1.68. The Morgan fingerprint density at radius 1 is 1.05 bits per heavy atom. The summed E-state index contributed by atoms with van der Waals surface area (Å²) in [5.74, 6) is -0.349. The van der Waals surface area contributed by atoms with E-state index >= 15 is 0 Å². The lowest BCUT2D eigenvalue weighted by molar-refractivity contribution is -0.152. The van der Waals surface area contributed by atoms with Gasteiger partial charge in [0.25, 0.3) is 0 Å². The predicted molar refractivity (Wildman–Crippen MR) is 76.7 cm³/mol. The molecule has 21 heavy (non-hydrogen) atoms. The zero-order valence-corrected chi connectivity index (χ0v) is 11.7. The van der Waals surface area contributed by atoms with Gasteiger partial charge in [0, 0.05) is 12.7 Å². The molecule has 3 rings (SSSR count). The number of carbonyl (C=O) groups is 1. The van der Waals surface area contributed by atoms with Crippen LogP contribution in [0.5, 0.6) is 0 Å². The van der Waals surface area contributed by atoms with Crippen LogP contribution in [0.1, 0.15) is 33.9 Å². The second-order valence-corrected chi connectivity index (χ2v) is 4.79. The number of fused-ring (bicyclic) bond motifs is 1. The molecule has 1 heterocycles. The van der Waals surface area contributed by atoms with Crippen LogP contribution in [0.2, 0.25) is 0 Å². The standard InChI is InChI=1S/C17H16O4/c1-19-17-14-10-6-5-9-13(14)15(21-17)11-20-16(18)12-7-3-2-4-8-12/h2-10,15,17H,11H2,1H3/t15-,17-/m0/s1. The molecule has 4 heteroatoms. The molecule has 0 fully saturated rings. The molecule has 0 aromatic heterocycles. The Bertz CT molecular complexity index is 624. The Morgan fingerprint density at radius 3 is 2.43 bits per heavy atom. The van der Waals surface area contributed by atoms with Crippen LogP contribution in [0.15, 0.2) is 54.6 Å². The Labute approximate surface area is 123 Å². The van der Waals surface area contributed by atoms with Crippen molar-refractivity contribution >= 4 is 5.97 Å². The van der Waals surface area contributed by atoms with Gasteiger partial charge in [0.2, 0.25) is 0 Å². The number of esters is 1. The number of ether oxygens (including phenoxy) is 3. The third kappa shape index (κ3) is 2.82. The van der Waals surface area contributed by atoms with Crippen LogP contribution >= 0.6 is 0 Å². The molecule has 2 aromatic carbocycles. The molecule has 108 valence electrons. The van der Waals surface area contributed by atoms with Crippen LogP contribution in [0.3, 0.4) is 0 Å². The molecule has 0 N–H and O–H groups in total. The van der Waals surface area contributed by atoms with E-state index in [2.05, 4.69) is 0 Å². The van der Waals surface area contributed by atoms with Crippen molar-refractivity contribution in [3.05, 3.63) is 71.3 Å². The molecule has 0 aliphatic carbocycles. The van der Waals surface area contributed by atoms with Crippen molar-refractivity contribution in [1.29, 1.82) is 0 Å². The van der Waals surface area contributed by atoms with E-state index in [0.29, 0.717) is 5.56 Å². The van der Waals surface area contributed by atoms with Crippen molar-refractivity contribution in [1.82, 2.24) is 0 Å². The maximum atomic E-state index is 12.0. The second-order valence-electron chi connectivity index (χ2n) is 4.79. The van der Waals surface area contributed by atoms with Crippen molar-refractivity contribution in [2.75, 3.05) is 13.7 Å². The topological polar surface area (TPSA) is 44.8 Å². The Kier molecular flexibility index (Phi) is 3.99. The highest BCUT2D eigenvalue weighted by Crippen LogP contribution is 2.39. The van der Waals surface area contributed by atoms with Gasteiger partial charge in [0.15, 0.2) is 6.29 Å². The molecule has 4 nitrogen and oxygen atoms in total. The summed E-state index contributed by atoms with van der Waals surface area (Å²) in [7, 11) is 1.60. The predicted octanol–water partition coefficient (Wildman–Crippen LogP) is 3.26. The summed E-state index contributed by atoms with van der Waals surface area (Å²) in [5.41, 5.74) is 2.53. The molecule has 0 unspecified atom stereocenters. The first kappa shape index (κ1) is 13.8. The van der Waals surface area contributed by atoms with E-state index in [-0.39, 0.29) is 18.7 Å². The van der Waals surface area contributed by atoms with Crippen LogP contribution in [0.4, 0.5) is 0 Å². The minimum absolute atomic E-state index is 0.171. The van der Waals surface area contributed by atoms with E-state index in [4.69, 9.17) is 14.2 Å². The Morgan fingerprint density at radius 2 is 1.71 bits per heavy atom. The third-order valence-corrected chi connectivity index (χ3v) is 3.47. The smallest absolute Gasteiger partial charge is 0.338 e. The fourth-order valence-corrected chi connectivity index (χ4v) is 2.44. The summed E-state index contributed by atoms with van der Waals surface area (Å²) >= 11 is 0. The van der Waals surface area contributed by atoms with Gasteiger partial charge in [0.1, 0.15) is 12.7 Å². The van der Waals surface area contributed by atoms with E-state index in [1.807, 2.05) is 30.3 Å². The van der Waals surface area contributed by atoms with Gasteiger partial charge < -0.3 is 14.2 Å². The first-order valence-electron chi connectivity index (χ1n) is 6.79. The quantitative estimate of drug-likeness (QED) is 0.808. The van der Waals surface area contributed by atoms with Gasteiger partial charge in [-0.3, -0.25) is 0 Å². The normalized spacial score (nSPS) is 20.0. The molecule has 1 aliphatic heterocycles. The van der Waals surface area contributed by atoms with Gasteiger partial charge in [-0.25, -0.2) is 4.79 Å². The lowest BCUT2D eigenvalue weighted by atomic mass is 10.1. The first-order chi connectivity index (χ1) is 10.3. The van der Waals surface area contributed by atoms with Crippen LogP contribution in [0, 0.1) is 0 Å². The highest BCUT2D eigenvalue weighted by Gasteiger charge is 2.32. The number of hydrogen-bond acceptors (Lipinski definition) is 4. The molecule has 0 spiro atoms. The van der Waals surface area contributed by atoms with Crippen molar-refractivity contribution in [3.8, 4) is 0 Å². The van der Waals surface area contributed by atoms with Crippen LogP contribution in [0.25, 0.3) is 0 Å². The molecular formula is C17H16O4. The fourth-order valence-electron chi connectivity index (χ4n) is 2.44. The van der Waals surface area contributed by atoms with Crippen molar-refractivity contribution in [2.45, 2.75) is 12.4 Å². The van der Waals surface area contributed by atoms with Gasteiger partial charge in [-0.2, -0.15) is 0 Å². The zero-order valence-electron chi connectivity index (χ0n) is 11.7. The van der Waals surface area contributed by atoms with E-state index in [0.717, 1.165) is 11.1 Å². The Hall–Kier alpha value is -2.17. The summed E-state index contributed by atoms with van der Waals surface area (Å²) in [6.07, 6.45) is -0.694. The highest BCUT2D eigenvalue weighted by atomic mass is 16.7. The van der Waals surface area contributed by atoms with Gasteiger partial charge >= 0.3 is 5.97 Å². The summed E-state index contributed by atoms with van der Waals surface area (Å²) in [4.78, 5) is 12.0. The molecule has 2 atom stereocenters. The molecule has 0 saturated heterocycles. The third-order valence-electron chi connectivity index (χ3n) is 3.47. The minimum Gasteiger partial charge on any atom is -0.459 e. The summed E-state index contributed by atoms with van der Waals surface area (Å²) in [5, 5.41) is 0. The van der Waals surface area contributed by atoms with Gasteiger partial charge in [-0.1, -0.05) is 42.5 Å². The number of rotatable bonds is 4. The maximum Gasteiger partial charge on any atom is 0.338 e. The zero-order chi connectivity index (χ0) is 14.7. The van der Waals surface area contributed by atoms with Gasteiger partial charge in [0.05, 0.1) is 5.56 Å².